The average Bonchev–Trinajstić information content (AvgIpc) is 2.95. The average molecular weight is 404 g/mol. The monoisotopic (exact) mass is 404 g/mol. The summed E-state index contributed by atoms with van der Waals surface area (Å²) in [6, 6.07) is 10.8. The fraction of sp³-hybridized carbons (Fsp3) is 0.167. The molecule has 0 atom stereocenters. The van der Waals surface area contributed by atoms with Gasteiger partial charge in [-0.05, 0) is 17.0 Å². The molecule has 6 nitrogen and oxygen atoms in total. The lowest BCUT2D eigenvalue weighted by Gasteiger charge is -2.29. The molecule has 0 saturated heterocycles. The minimum Gasteiger partial charge on any atom is -0.478 e. The molecule has 0 radical (unpaired) electrons. The third-order valence-electron chi connectivity index (χ3n) is 5.15. The minimum atomic E-state index is -2.35. The van der Waals surface area contributed by atoms with Gasteiger partial charge in [-0.2, -0.15) is 0 Å². The molecule has 2 aromatic rings. The maximum absolute atomic E-state index is 13.4. The van der Waals surface area contributed by atoms with Gasteiger partial charge in [0.25, 0.3) is 5.60 Å². The van der Waals surface area contributed by atoms with E-state index in [4.69, 9.17) is 4.74 Å². The van der Waals surface area contributed by atoms with Crippen LogP contribution in [0.5, 0.6) is 0 Å². The van der Waals surface area contributed by atoms with Crippen molar-refractivity contribution in [3.05, 3.63) is 89.5 Å². The van der Waals surface area contributed by atoms with Crippen LogP contribution in [0.1, 0.15) is 57.2 Å². The van der Waals surface area contributed by atoms with Crippen molar-refractivity contribution < 1.29 is 29.0 Å². The quantitative estimate of drug-likeness (QED) is 0.445. The van der Waals surface area contributed by atoms with Crippen molar-refractivity contribution in [1.29, 1.82) is 0 Å². The summed E-state index contributed by atoms with van der Waals surface area (Å²) in [5.74, 6) is -3.74. The Morgan fingerprint density at radius 1 is 1.07 bits per heavy atom. The number of ether oxygens (including phenoxy) is 1. The first-order valence-electron chi connectivity index (χ1n) is 9.26. The molecule has 2 aromatic carbocycles. The molecule has 3 rings (SSSR count). The molecule has 0 spiro atoms. The van der Waals surface area contributed by atoms with Crippen LogP contribution < -0.4 is 0 Å². The van der Waals surface area contributed by atoms with Crippen LogP contribution in [0.4, 0.5) is 0 Å². The van der Waals surface area contributed by atoms with Crippen LogP contribution in [0.25, 0.3) is 5.57 Å². The lowest BCUT2D eigenvalue weighted by Crippen LogP contribution is -2.43. The molecule has 0 bridgehead atoms. The molecule has 0 aromatic heterocycles. The van der Waals surface area contributed by atoms with Gasteiger partial charge in [-0.15, -0.1) is 0 Å². The minimum absolute atomic E-state index is 0.0400. The van der Waals surface area contributed by atoms with Crippen molar-refractivity contribution in [2.75, 3.05) is 0 Å². The van der Waals surface area contributed by atoms with Gasteiger partial charge in [-0.1, -0.05) is 69.5 Å². The second kappa shape index (κ2) is 7.55. The number of esters is 1. The molecule has 0 fully saturated rings. The predicted molar refractivity (Wildman–Crippen MR) is 110 cm³/mol. The Labute approximate surface area is 173 Å². The Bertz CT molecular complexity index is 1090. The SMILES string of the molecule is C=CC(=O)OC1(c2ccc(C(C)C)cc2C(=C)C(=O)O)C(=O)c2ccccc2C1=O. The number of hydrogen-bond acceptors (Lipinski definition) is 5. The lowest BCUT2D eigenvalue weighted by molar-refractivity contribution is -0.146. The number of carbonyl (C=O) groups is 4. The zero-order chi connectivity index (χ0) is 22.2. The molecule has 1 aliphatic rings. The Kier molecular flexibility index (Phi) is 5.27. The third-order valence-corrected chi connectivity index (χ3v) is 5.15. The molecule has 30 heavy (non-hydrogen) atoms. The van der Waals surface area contributed by atoms with E-state index in [2.05, 4.69) is 13.2 Å². The number of carbonyl (C=O) groups excluding carboxylic acids is 3. The summed E-state index contributed by atoms with van der Waals surface area (Å²) < 4.78 is 5.42. The fourth-order valence-corrected chi connectivity index (χ4v) is 3.54. The first-order chi connectivity index (χ1) is 14.1. The summed E-state index contributed by atoms with van der Waals surface area (Å²) in [5.41, 5.74) is -1.69. The third kappa shape index (κ3) is 3.06. The Hall–Kier alpha value is -3.80. The number of aliphatic carboxylic acids is 1. The zero-order valence-corrected chi connectivity index (χ0v) is 16.6. The van der Waals surface area contributed by atoms with Gasteiger partial charge in [0.2, 0.25) is 11.6 Å². The number of Topliss-reactive ketones (excluding diaryl/α,β-unsaturated/α-hetero) is 2. The van der Waals surface area contributed by atoms with Crippen molar-refractivity contribution in [1.82, 2.24) is 0 Å². The summed E-state index contributed by atoms with van der Waals surface area (Å²) in [6.45, 7) is 10.8. The van der Waals surface area contributed by atoms with Gasteiger partial charge in [0.05, 0.1) is 5.57 Å². The normalized spacial score (nSPS) is 14.4. The largest absolute Gasteiger partial charge is 0.478 e. The van der Waals surface area contributed by atoms with Gasteiger partial charge in [-0.25, -0.2) is 9.59 Å². The van der Waals surface area contributed by atoms with E-state index in [9.17, 15) is 24.3 Å². The highest BCUT2D eigenvalue weighted by Crippen LogP contribution is 2.44. The van der Waals surface area contributed by atoms with Crippen LogP contribution in [0.15, 0.2) is 61.7 Å². The highest BCUT2D eigenvalue weighted by atomic mass is 16.6. The van der Waals surface area contributed by atoms with Crippen molar-refractivity contribution in [3.8, 4) is 0 Å². The molecule has 0 aliphatic heterocycles. The van der Waals surface area contributed by atoms with Crippen LogP contribution in [-0.4, -0.2) is 28.6 Å². The summed E-state index contributed by atoms with van der Waals surface area (Å²) in [6.07, 6.45) is 0.847. The highest BCUT2D eigenvalue weighted by molar-refractivity contribution is 6.33. The molecule has 1 N–H and O–H groups in total. The van der Waals surface area contributed by atoms with Crippen molar-refractivity contribution in [2.45, 2.75) is 25.4 Å². The second-order valence-corrected chi connectivity index (χ2v) is 7.25. The smallest absolute Gasteiger partial charge is 0.335 e. The first-order valence-corrected chi connectivity index (χ1v) is 9.26. The van der Waals surface area contributed by atoms with Gasteiger partial charge in [0, 0.05) is 22.8 Å². The van der Waals surface area contributed by atoms with Gasteiger partial charge in [0.15, 0.2) is 0 Å². The molecule has 1 aliphatic carbocycles. The standard InChI is InChI=1S/C24H20O6/c1-5-20(25)30-24(21(26)16-8-6-7-9-17(16)22(24)27)19-11-10-15(13(2)3)12-18(19)14(4)23(28)29/h5-13H,1,4H2,2-3H3,(H,28,29). The molecule has 0 unspecified atom stereocenters. The van der Waals surface area contributed by atoms with Crippen molar-refractivity contribution >= 4 is 29.1 Å². The maximum atomic E-state index is 13.4. The molecular weight excluding hydrogens is 384 g/mol. The molecular formula is C24H20O6. The van der Waals surface area contributed by atoms with E-state index in [1.165, 1.54) is 18.2 Å². The summed E-state index contributed by atoms with van der Waals surface area (Å²) in [5, 5.41) is 9.56. The van der Waals surface area contributed by atoms with Crippen LogP contribution in [0.2, 0.25) is 0 Å². The lowest BCUT2D eigenvalue weighted by atomic mass is 9.81. The Morgan fingerprint density at radius 3 is 2.10 bits per heavy atom. The molecule has 0 saturated carbocycles. The number of carboxylic acid groups (broad SMARTS) is 1. The maximum Gasteiger partial charge on any atom is 0.335 e. The van der Waals surface area contributed by atoms with Crippen LogP contribution in [-0.2, 0) is 19.9 Å². The topological polar surface area (TPSA) is 97.7 Å². The van der Waals surface area contributed by atoms with E-state index in [0.29, 0.717) is 0 Å². The number of fused-ring (bicyclic) bond motifs is 1. The van der Waals surface area contributed by atoms with Gasteiger partial charge in [0.1, 0.15) is 0 Å². The predicted octanol–water partition coefficient (Wildman–Crippen LogP) is 3.91. The van der Waals surface area contributed by atoms with Gasteiger partial charge >= 0.3 is 11.9 Å². The van der Waals surface area contributed by atoms with E-state index < -0.39 is 29.1 Å². The Balaban J connectivity index is 2.37. The number of rotatable bonds is 6. The van der Waals surface area contributed by atoms with E-state index >= 15 is 0 Å². The number of carboxylic acids is 1. The van der Waals surface area contributed by atoms with Crippen LogP contribution in [0.3, 0.4) is 0 Å². The second-order valence-electron chi connectivity index (χ2n) is 7.25. The van der Waals surface area contributed by atoms with Crippen LogP contribution >= 0.6 is 0 Å². The zero-order valence-electron chi connectivity index (χ0n) is 16.6. The van der Waals surface area contributed by atoms with E-state index in [1.54, 1.807) is 24.3 Å². The van der Waals surface area contributed by atoms with Crippen molar-refractivity contribution in [2.24, 2.45) is 0 Å². The summed E-state index contributed by atoms with van der Waals surface area (Å²) in [4.78, 5) is 50.8. The van der Waals surface area contributed by atoms with Crippen molar-refractivity contribution in [3.63, 3.8) is 0 Å². The van der Waals surface area contributed by atoms with E-state index in [-0.39, 0.29) is 33.7 Å². The molecule has 6 heteroatoms. The molecule has 0 amide bonds. The number of ketones is 2. The first kappa shape index (κ1) is 20.9. The van der Waals surface area contributed by atoms with E-state index in [0.717, 1.165) is 11.6 Å². The molecule has 152 valence electrons. The molecule has 0 heterocycles. The van der Waals surface area contributed by atoms with Gasteiger partial charge in [-0.3, -0.25) is 9.59 Å². The number of hydrogen-bond donors (Lipinski definition) is 1. The fourth-order valence-electron chi connectivity index (χ4n) is 3.54. The summed E-state index contributed by atoms with van der Waals surface area (Å²) in [7, 11) is 0. The highest BCUT2D eigenvalue weighted by Gasteiger charge is 2.58. The van der Waals surface area contributed by atoms with Gasteiger partial charge < -0.3 is 9.84 Å². The summed E-state index contributed by atoms with van der Waals surface area (Å²) >= 11 is 0. The Morgan fingerprint density at radius 2 is 1.63 bits per heavy atom. The van der Waals surface area contributed by atoms with E-state index in [1.807, 2.05) is 13.8 Å². The number of benzene rings is 2. The van der Waals surface area contributed by atoms with Crippen LogP contribution in [0, 0.1) is 0 Å².